The number of nitrogens with two attached hydrogens (primary N) is 1. The van der Waals surface area contributed by atoms with Crippen molar-refractivity contribution in [2.24, 2.45) is 0 Å². The van der Waals surface area contributed by atoms with E-state index in [0.717, 1.165) is 16.9 Å². The Morgan fingerprint density at radius 3 is 2.44 bits per heavy atom. The highest BCUT2D eigenvalue weighted by Crippen LogP contribution is 2.34. The fourth-order valence-corrected chi connectivity index (χ4v) is 1.74. The first-order valence-corrected chi connectivity index (χ1v) is 5.48. The van der Waals surface area contributed by atoms with Gasteiger partial charge in [-0.25, -0.2) is 0 Å². The number of hydrogen-bond acceptors (Lipinski definition) is 3. The minimum absolute atomic E-state index is 0.246. The molecule has 0 aliphatic rings. The molecule has 0 aliphatic heterocycles. The first kappa shape index (κ1) is 11.0. The molecule has 2 aromatic rings. The normalized spacial score (nSPS) is 11.0. The summed E-state index contributed by atoms with van der Waals surface area (Å²) in [5.41, 5.74) is 7.66. The smallest absolute Gasteiger partial charge is 0.175 e. The van der Waals surface area contributed by atoms with E-state index in [9.17, 15) is 0 Å². The highest BCUT2D eigenvalue weighted by atomic mass is 35.5. The van der Waals surface area contributed by atoms with Crippen LogP contribution in [0.4, 0.5) is 5.82 Å². The quantitative estimate of drug-likeness (QED) is 0.865. The maximum atomic E-state index is 5.84. The third-order valence-corrected chi connectivity index (χ3v) is 2.65. The van der Waals surface area contributed by atoms with E-state index in [4.69, 9.17) is 21.9 Å². The number of benzene rings is 1. The molecule has 3 nitrogen and oxygen atoms in total. The molecule has 0 saturated heterocycles. The fraction of sp³-hybridized carbons (Fsp3) is 0.250. The molecule has 0 radical (unpaired) electrons. The van der Waals surface area contributed by atoms with E-state index in [1.807, 2.05) is 38.1 Å². The molecule has 1 aromatic heterocycles. The second-order valence-corrected chi connectivity index (χ2v) is 4.41. The van der Waals surface area contributed by atoms with Crippen LogP contribution in [0.3, 0.4) is 0 Å². The number of nitrogens with zero attached hydrogens (tertiary/aromatic N) is 1. The third kappa shape index (κ3) is 1.91. The molecule has 4 heteroatoms. The third-order valence-electron chi connectivity index (χ3n) is 2.40. The lowest BCUT2D eigenvalue weighted by Crippen LogP contribution is -1.91. The van der Waals surface area contributed by atoms with Crippen molar-refractivity contribution in [2.45, 2.75) is 19.8 Å². The van der Waals surface area contributed by atoms with Gasteiger partial charge in [0.15, 0.2) is 5.82 Å². The predicted molar refractivity (Wildman–Crippen MR) is 65.5 cm³/mol. The van der Waals surface area contributed by atoms with Crippen molar-refractivity contribution in [3.05, 3.63) is 35.0 Å². The summed E-state index contributed by atoms with van der Waals surface area (Å²) in [6, 6.07) is 7.48. The number of aromatic nitrogens is 1. The van der Waals surface area contributed by atoms with Crippen LogP contribution < -0.4 is 5.73 Å². The topological polar surface area (TPSA) is 52.0 Å². The second-order valence-electron chi connectivity index (χ2n) is 3.97. The SMILES string of the molecule is CC(C)c1onc(N)c1-c1ccc(Cl)cc1. The van der Waals surface area contributed by atoms with Crippen LogP contribution in [0.15, 0.2) is 28.8 Å². The van der Waals surface area contributed by atoms with Gasteiger partial charge in [0.05, 0.1) is 5.56 Å². The minimum atomic E-state index is 0.246. The Bertz CT molecular complexity index is 488. The van der Waals surface area contributed by atoms with Gasteiger partial charge >= 0.3 is 0 Å². The van der Waals surface area contributed by atoms with Gasteiger partial charge in [-0.15, -0.1) is 0 Å². The number of hydrogen-bond donors (Lipinski definition) is 1. The van der Waals surface area contributed by atoms with Crippen LogP contribution in [0.5, 0.6) is 0 Å². The van der Waals surface area contributed by atoms with Gasteiger partial charge in [-0.05, 0) is 17.7 Å². The van der Waals surface area contributed by atoms with E-state index >= 15 is 0 Å². The van der Waals surface area contributed by atoms with Crippen LogP contribution in [0, 0.1) is 0 Å². The van der Waals surface area contributed by atoms with Crippen LogP contribution in [0.1, 0.15) is 25.5 Å². The number of anilines is 1. The largest absolute Gasteiger partial charge is 0.380 e. The summed E-state index contributed by atoms with van der Waals surface area (Å²) < 4.78 is 5.23. The lowest BCUT2D eigenvalue weighted by molar-refractivity contribution is 0.374. The second kappa shape index (κ2) is 4.18. The monoisotopic (exact) mass is 236 g/mol. The molecular formula is C12H13ClN2O. The first-order valence-electron chi connectivity index (χ1n) is 5.10. The van der Waals surface area contributed by atoms with Gasteiger partial charge < -0.3 is 10.3 Å². The molecule has 2 rings (SSSR count). The summed E-state index contributed by atoms with van der Waals surface area (Å²) in [6.07, 6.45) is 0. The van der Waals surface area contributed by atoms with Crippen LogP contribution in [-0.4, -0.2) is 5.16 Å². The van der Waals surface area contributed by atoms with Gasteiger partial charge in [0, 0.05) is 10.9 Å². The van der Waals surface area contributed by atoms with Crippen LogP contribution >= 0.6 is 11.6 Å². The average Bonchev–Trinajstić information content (AvgIpc) is 2.62. The Hall–Kier alpha value is -1.48. The average molecular weight is 237 g/mol. The standard InChI is InChI=1S/C12H13ClN2O/c1-7(2)11-10(12(14)15-16-11)8-3-5-9(13)6-4-8/h3-7H,1-2H3,(H2,14,15). The number of rotatable bonds is 2. The molecule has 0 atom stereocenters. The molecule has 1 aromatic carbocycles. The Kier molecular flexibility index (Phi) is 2.88. The summed E-state index contributed by atoms with van der Waals surface area (Å²) in [5.74, 6) is 1.47. The molecule has 0 saturated carbocycles. The Morgan fingerprint density at radius 2 is 1.88 bits per heavy atom. The summed E-state index contributed by atoms with van der Waals surface area (Å²) in [6.45, 7) is 4.08. The van der Waals surface area contributed by atoms with Crippen LogP contribution in [0.2, 0.25) is 5.02 Å². The van der Waals surface area contributed by atoms with Crippen molar-refractivity contribution in [1.82, 2.24) is 5.16 Å². The zero-order chi connectivity index (χ0) is 11.7. The van der Waals surface area contributed by atoms with E-state index < -0.39 is 0 Å². The zero-order valence-corrected chi connectivity index (χ0v) is 9.95. The molecule has 16 heavy (non-hydrogen) atoms. The predicted octanol–water partition coefficient (Wildman–Crippen LogP) is 3.70. The Morgan fingerprint density at radius 1 is 1.25 bits per heavy atom. The molecule has 0 spiro atoms. The van der Waals surface area contributed by atoms with Crippen molar-refractivity contribution < 1.29 is 4.52 Å². The Labute approximate surface area is 99.2 Å². The highest BCUT2D eigenvalue weighted by Gasteiger charge is 2.18. The van der Waals surface area contributed by atoms with Crippen molar-refractivity contribution in [3.63, 3.8) is 0 Å². The maximum absolute atomic E-state index is 5.84. The Balaban J connectivity index is 2.54. The molecule has 0 unspecified atom stereocenters. The van der Waals surface area contributed by atoms with Crippen LogP contribution in [0.25, 0.3) is 11.1 Å². The van der Waals surface area contributed by atoms with Crippen molar-refractivity contribution in [2.75, 3.05) is 5.73 Å². The molecular weight excluding hydrogens is 224 g/mol. The lowest BCUT2D eigenvalue weighted by atomic mass is 10.0. The number of nitrogen functional groups attached to an aromatic ring is 1. The van der Waals surface area contributed by atoms with Gasteiger partial charge in [-0.2, -0.15) is 0 Å². The highest BCUT2D eigenvalue weighted by molar-refractivity contribution is 6.30. The lowest BCUT2D eigenvalue weighted by Gasteiger charge is -2.04. The zero-order valence-electron chi connectivity index (χ0n) is 9.20. The van der Waals surface area contributed by atoms with Gasteiger partial charge in [0.1, 0.15) is 5.76 Å². The maximum Gasteiger partial charge on any atom is 0.175 e. The summed E-state index contributed by atoms with van der Waals surface area (Å²) >= 11 is 5.84. The summed E-state index contributed by atoms with van der Waals surface area (Å²) in [5, 5.41) is 4.51. The van der Waals surface area contributed by atoms with E-state index in [-0.39, 0.29) is 5.92 Å². The van der Waals surface area contributed by atoms with Gasteiger partial charge in [0.25, 0.3) is 0 Å². The number of halogens is 1. The van der Waals surface area contributed by atoms with E-state index in [1.54, 1.807) is 0 Å². The summed E-state index contributed by atoms with van der Waals surface area (Å²) in [4.78, 5) is 0. The van der Waals surface area contributed by atoms with Crippen molar-refractivity contribution >= 4 is 17.4 Å². The molecule has 2 N–H and O–H groups in total. The minimum Gasteiger partial charge on any atom is -0.380 e. The molecule has 84 valence electrons. The van der Waals surface area contributed by atoms with Crippen molar-refractivity contribution in [3.8, 4) is 11.1 Å². The van der Waals surface area contributed by atoms with Crippen LogP contribution in [-0.2, 0) is 0 Å². The summed E-state index contributed by atoms with van der Waals surface area (Å²) in [7, 11) is 0. The van der Waals surface area contributed by atoms with Crippen molar-refractivity contribution in [1.29, 1.82) is 0 Å². The van der Waals surface area contributed by atoms with Gasteiger partial charge in [-0.1, -0.05) is 42.7 Å². The van der Waals surface area contributed by atoms with E-state index in [1.165, 1.54) is 0 Å². The van der Waals surface area contributed by atoms with Gasteiger partial charge in [0.2, 0.25) is 0 Å². The molecule has 0 bridgehead atoms. The molecule has 1 heterocycles. The fourth-order valence-electron chi connectivity index (χ4n) is 1.62. The molecule has 0 fully saturated rings. The molecule has 0 amide bonds. The first-order chi connectivity index (χ1) is 7.59. The van der Waals surface area contributed by atoms with E-state index in [0.29, 0.717) is 10.8 Å². The molecule has 0 aliphatic carbocycles. The van der Waals surface area contributed by atoms with Gasteiger partial charge in [-0.3, -0.25) is 0 Å². The van der Waals surface area contributed by atoms with E-state index in [2.05, 4.69) is 5.16 Å².